The van der Waals surface area contributed by atoms with Gasteiger partial charge in [0, 0.05) is 16.0 Å². The summed E-state index contributed by atoms with van der Waals surface area (Å²) in [6.45, 7) is 8.00. The first kappa shape index (κ1) is 26.2. The minimum absolute atomic E-state index is 0.177. The van der Waals surface area contributed by atoms with Gasteiger partial charge in [0.2, 0.25) is 5.91 Å². The molecule has 31 heavy (non-hydrogen) atoms. The SMILES string of the molecule is C=CCC1CCC(CC)(CCC(O)C(=O)NC2CCNCC2)C1.Sc1ccc(Cl)cc1. The Morgan fingerprint density at radius 2 is 2.03 bits per heavy atom. The highest BCUT2D eigenvalue weighted by molar-refractivity contribution is 7.80. The molecule has 1 saturated heterocycles. The molecule has 2 fully saturated rings. The summed E-state index contributed by atoms with van der Waals surface area (Å²) in [6, 6.07) is 7.55. The maximum absolute atomic E-state index is 12.2. The van der Waals surface area contributed by atoms with Crippen molar-refractivity contribution in [3.8, 4) is 0 Å². The molecule has 1 aromatic rings. The molecule has 1 aliphatic heterocycles. The number of amides is 1. The van der Waals surface area contributed by atoms with Crippen molar-refractivity contribution in [2.45, 2.75) is 81.8 Å². The third-order valence-electron chi connectivity index (χ3n) is 6.82. The van der Waals surface area contributed by atoms with E-state index < -0.39 is 6.10 Å². The molecule has 3 N–H and O–H groups in total. The highest BCUT2D eigenvalue weighted by Crippen LogP contribution is 2.48. The Hall–Kier alpha value is -1.01. The van der Waals surface area contributed by atoms with Crippen molar-refractivity contribution >= 4 is 30.1 Å². The Bertz CT molecular complexity index is 658. The van der Waals surface area contributed by atoms with E-state index in [1.807, 2.05) is 30.3 Å². The normalized spacial score (nSPS) is 24.7. The minimum Gasteiger partial charge on any atom is -0.383 e. The molecule has 1 aromatic carbocycles. The van der Waals surface area contributed by atoms with Gasteiger partial charge in [-0.3, -0.25) is 4.79 Å². The second kappa shape index (κ2) is 13.5. The van der Waals surface area contributed by atoms with E-state index in [9.17, 15) is 9.90 Å². The number of benzene rings is 1. The molecule has 1 saturated carbocycles. The second-order valence-corrected chi connectivity index (χ2v) is 10.0. The van der Waals surface area contributed by atoms with Crippen LogP contribution in [0.25, 0.3) is 0 Å². The number of piperidine rings is 1. The third kappa shape index (κ3) is 9.17. The van der Waals surface area contributed by atoms with Crippen LogP contribution in [0.4, 0.5) is 0 Å². The Morgan fingerprint density at radius 3 is 2.61 bits per heavy atom. The van der Waals surface area contributed by atoms with Gasteiger partial charge in [0.1, 0.15) is 6.10 Å². The van der Waals surface area contributed by atoms with Gasteiger partial charge in [-0.2, -0.15) is 0 Å². The van der Waals surface area contributed by atoms with Gasteiger partial charge in [0.25, 0.3) is 0 Å². The number of halogens is 1. The van der Waals surface area contributed by atoms with Gasteiger partial charge in [0.05, 0.1) is 0 Å². The van der Waals surface area contributed by atoms with E-state index in [0.717, 1.165) is 61.0 Å². The van der Waals surface area contributed by atoms with Gasteiger partial charge in [-0.15, -0.1) is 19.2 Å². The Balaban J connectivity index is 0.000000357. The zero-order valence-electron chi connectivity index (χ0n) is 18.8. The summed E-state index contributed by atoms with van der Waals surface area (Å²) < 4.78 is 0. The number of aliphatic hydroxyl groups is 1. The lowest BCUT2D eigenvalue weighted by Gasteiger charge is -2.30. The van der Waals surface area contributed by atoms with Gasteiger partial charge >= 0.3 is 0 Å². The summed E-state index contributed by atoms with van der Waals surface area (Å²) in [5, 5.41) is 17.3. The lowest BCUT2D eigenvalue weighted by Crippen LogP contribution is -2.46. The summed E-state index contributed by atoms with van der Waals surface area (Å²) in [6.07, 6.45) is 10.6. The van der Waals surface area contributed by atoms with Crippen LogP contribution >= 0.6 is 24.2 Å². The molecule has 0 spiro atoms. The Labute approximate surface area is 198 Å². The van der Waals surface area contributed by atoms with Crippen LogP contribution in [0.2, 0.25) is 5.02 Å². The maximum Gasteiger partial charge on any atom is 0.249 e. The maximum atomic E-state index is 12.2. The molecule has 1 aliphatic carbocycles. The number of rotatable bonds is 8. The number of hydrogen-bond donors (Lipinski definition) is 4. The molecule has 174 valence electrons. The highest BCUT2D eigenvalue weighted by atomic mass is 35.5. The average molecular weight is 467 g/mol. The van der Waals surface area contributed by atoms with Crippen LogP contribution in [0, 0.1) is 11.3 Å². The van der Waals surface area contributed by atoms with Crippen LogP contribution < -0.4 is 10.6 Å². The van der Waals surface area contributed by atoms with Crippen LogP contribution in [0.15, 0.2) is 41.8 Å². The predicted molar refractivity (Wildman–Crippen MR) is 133 cm³/mol. The van der Waals surface area contributed by atoms with Crippen LogP contribution in [0.3, 0.4) is 0 Å². The fourth-order valence-electron chi connectivity index (χ4n) is 4.77. The number of carbonyl (C=O) groups is 1. The zero-order valence-corrected chi connectivity index (χ0v) is 20.4. The van der Waals surface area contributed by atoms with Gasteiger partial charge in [-0.1, -0.05) is 31.0 Å². The fraction of sp³-hybridized carbons (Fsp3) is 0.640. The predicted octanol–water partition coefficient (Wildman–Crippen LogP) is 5.40. The summed E-state index contributed by atoms with van der Waals surface area (Å²) in [5.41, 5.74) is 0.323. The largest absolute Gasteiger partial charge is 0.383 e. The number of thiol groups is 1. The lowest BCUT2D eigenvalue weighted by molar-refractivity contribution is -0.130. The molecule has 0 aromatic heterocycles. The molecule has 3 rings (SSSR count). The van der Waals surface area contributed by atoms with Crippen molar-refractivity contribution in [2.75, 3.05) is 13.1 Å². The lowest BCUT2D eigenvalue weighted by atomic mass is 9.77. The molecule has 0 radical (unpaired) electrons. The fourth-order valence-corrected chi connectivity index (χ4v) is 5.04. The average Bonchev–Trinajstić information content (AvgIpc) is 3.19. The van der Waals surface area contributed by atoms with Crippen molar-refractivity contribution in [2.24, 2.45) is 11.3 Å². The Morgan fingerprint density at radius 1 is 1.35 bits per heavy atom. The summed E-state index contributed by atoms with van der Waals surface area (Å²) in [5.74, 6) is 0.567. The third-order valence-corrected chi connectivity index (χ3v) is 7.37. The smallest absolute Gasteiger partial charge is 0.249 e. The molecule has 6 heteroatoms. The topological polar surface area (TPSA) is 61.4 Å². The summed E-state index contributed by atoms with van der Waals surface area (Å²) >= 11 is 9.65. The number of aliphatic hydroxyl groups excluding tert-OH is 1. The molecular formula is C25H39ClN2O2S. The quantitative estimate of drug-likeness (QED) is 0.306. The first-order chi connectivity index (χ1) is 14.9. The number of allylic oxidation sites excluding steroid dienone is 1. The zero-order chi connectivity index (χ0) is 22.7. The van der Waals surface area contributed by atoms with E-state index >= 15 is 0 Å². The van der Waals surface area contributed by atoms with E-state index in [1.54, 1.807) is 0 Å². The van der Waals surface area contributed by atoms with Crippen LogP contribution in [-0.2, 0) is 4.79 Å². The van der Waals surface area contributed by atoms with Gasteiger partial charge in [0.15, 0.2) is 0 Å². The minimum atomic E-state index is -0.855. The monoisotopic (exact) mass is 466 g/mol. The van der Waals surface area contributed by atoms with Crippen LogP contribution in [0.5, 0.6) is 0 Å². The van der Waals surface area contributed by atoms with E-state index in [0.29, 0.717) is 11.8 Å². The van der Waals surface area contributed by atoms with Crippen molar-refractivity contribution in [3.63, 3.8) is 0 Å². The molecular weight excluding hydrogens is 428 g/mol. The van der Waals surface area contributed by atoms with E-state index in [2.05, 4.69) is 36.8 Å². The molecule has 1 amide bonds. The Kier molecular flexibility index (Phi) is 11.4. The molecule has 1 heterocycles. The molecule has 3 unspecified atom stereocenters. The van der Waals surface area contributed by atoms with E-state index in [1.165, 1.54) is 19.3 Å². The van der Waals surface area contributed by atoms with Crippen LogP contribution in [-0.4, -0.2) is 36.2 Å². The molecule has 3 atom stereocenters. The van der Waals surface area contributed by atoms with Crippen molar-refractivity contribution < 1.29 is 9.90 Å². The van der Waals surface area contributed by atoms with E-state index in [-0.39, 0.29) is 11.9 Å². The summed E-state index contributed by atoms with van der Waals surface area (Å²) in [4.78, 5) is 13.1. The number of carbonyl (C=O) groups excluding carboxylic acids is 1. The first-order valence-electron chi connectivity index (χ1n) is 11.6. The molecule has 4 nitrogen and oxygen atoms in total. The van der Waals surface area contributed by atoms with Gasteiger partial charge < -0.3 is 15.7 Å². The molecule has 0 bridgehead atoms. The van der Waals surface area contributed by atoms with Crippen molar-refractivity contribution in [1.29, 1.82) is 0 Å². The van der Waals surface area contributed by atoms with E-state index in [4.69, 9.17) is 11.6 Å². The summed E-state index contributed by atoms with van der Waals surface area (Å²) in [7, 11) is 0. The first-order valence-corrected chi connectivity index (χ1v) is 12.4. The van der Waals surface area contributed by atoms with Crippen molar-refractivity contribution in [1.82, 2.24) is 10.6 Å². The highest BCUT2D eigenvalue weighted by Gasteiger charge is 2.37. The standard InChI is InChI=1S/C19H34N2O2.C6H5ClS/c1-3-5-15-6-10-19(4-2,14-15)11-7-17(22)18(23)21-16-8-12-20-13-9-16;7-5-1-3-6(8)4-2-5/h3,15-17,20,22H,1,4-14H2,2H3,(H,21,23);1-4,8H. The molecule has 2 aliphatic rings. The van der Waals surface area contributed by atoms with Crippen LogP contribution in [0.1, 0.15) is 64.7 Å². The van der Waals surface area contributed by atoms with Gasteiger partial charge in [-0.25, -0.2) is 0 Å². The number of nitrogens with one attached hydrogen (secondary N) is 2. The number of hydrogen-bond acceptors (Lipinski definition) is 4. The van der Waals surface area contributed by atoms with Gasteiger partial charge in [-0.05, 0) is 100 Å². The second-order valence-electron chi connectivity index (χ2n) is 9.05. The van der Waals surface area contributed by atoms with Crippen molar-refractivity contribution in [3.05, 3.63) is 41.9 Å².